The minimum atomic E-state index is -3.93. The molecule has 0 aromatic heterocycles. The summed E-state index contributed by atoms with van der Waals surface area (Å²) in [7, 11) is -3.93. The fraction of sp³-hybridized carbons (Fsp3) is 0.391. The van der Waals surface area contributed by atoms with E-state index in [0.717, 1.165) is 24.6 Å². The highest BCUT2D eigenvalue weighted by atomic mass is 32.2. The van der Waals surface area contributed by atoms with Crippen molar-refractivity contribution in [3.63, 3.8) is 0 Å². The van der Waals surface area contributed by atoms with Gasteiger partial charge in [-0.2, -0.15) is 4.31 Å². The Labute approximate surface area is 198 Å². The molecule has 2 saturated heterocycles. The number of benzene rings is 2. The van der Waals surface area contributed by atoms with Crippen molar-refractivity contribution in [1.82, 2.24) is 9.21 Å². The molecule has 2 amide bonds. The van der Waals surface area contributed by atoms with Crippen molar-refractivity contribution in [2.75, 3.05) is 37.6 Å². The molecule has 0 N–H and O–H groups in total. The Morgan fingerprint density at radius 1 is 0.971 bits per heavy atom. The fourth-order valence-electron chi connectivity index (χ4n) is 4.30. The van der Waals surface area contributed by atoms with Gasteiger partial charge in [-0.25, -0.2) is 8.42 Å². The molecule has 11 heteroatoms. The van der Waals surface area contributed by atoms with Crippen LogP contribution in [0.1, 0.15) is 35.2 Å². The average molecular weight is 487 g/mol. The Hall–Kier alpha value is -3.31. The minimum Gasteiger partial charge on any atom is -0.336 e. The van der Waals surface area contributed by atoms with Crippen LogP contribution in [0.4, 0.5) is 11.4 Å². The molecule has 2 heterocycles. The predicted molar refractivity (Wildman–Crippen MR) is 125 cm³/mol. The van der Waals surface area contributed by atoms with Gasteiger partial charge in [-0.3, -0.25) is 19.7 Å². The quantitative estimate of drug-likeness (QED) is 0.473. The molecule has 10 nitrogen and oxygen atoms in total. The van der Waals surface area contributed by atoms with Gasteiger partial charge in [-0.1, -0.05) is 6.07 Å². The summed E-state index contributed by atoms with van der Waals surface area (Å²) in [6.45, 7) is 2.87. The lowest BCUT2D eigenvalue weighted by Crippen LogP contribution is -2.50. The Bertz CT molecular complexity index is 1220. The zero-order valence-electron chi connectivity index (χ0n) is 18.8. The number of aryl methyl sites for hydroxylation is 1. The molecule has 0 atom stereocenters. The molecular weight excluding hydrogens is 460 g/mol. The van der Waals surface area contributed by atoms with Gasteiger partial charge in [0.05, 0.1) is 9.82 Å². The minimum absolute atomic E-state index is 0.0849. The van der Waals surface area contributed by atoms with Gasteiger partial charge in [0, 0.05) is 62.5 Å². The Morgan fingerprint density at radius 2 is 1.65 bits per heavy atom. The Balaban J connectivity index is 1.42. The molecule has 34 heavy (non-hydrogen) atoms. The van der Waals surface area contributed by atoms with Crippen LogP contribution < -0.4 is 4.90 Å². The van der Waals surface area contributed by atoms with Crippen LogP contribution >= 0.6 is 0 Å². The van der Waals surface area contributed by atoms with Crippen molar-refractivity contribution >= 4 is 33.2 Å². The number of hydrogen-bond acceptors (Lipinski definition) is 6. The molecule has 0 spiro atoms. The Kier molecular flexibility index (Phi) is 6.67. The number of hydrogen-bond donors (Lipinski definition) is 0. The highest BCUT2D eigenvalue weighted by Crippen LogP contribution is 2.26. The van der Waals surface area contributed by atoms with Crippen LogP contribution in [-0.4, -0.2) is 67.1 Å². The van der Waals surface area contributed by atoms with Gasteiger partial charge < -0.3 is 9.80 Å². The second-order valence-corrected chi connectivity index (χ2v) is 10.4. The molecule has 2 fully saturated rings. The first-order valence-corrected chi connectivity index (χ1v) is 12.6. The number of nitro benzene ring substituents is 1. The zero-order valence-corrected chi connectivity index (χ0v) is 19.7. The smallest absolute Gasteiger partial charge is 0.270 e. The van der Waals surface area contributed by atoms with Gasteiger partial charge >= 0.3 is 0 Å². The molecule has 2 aromatic rings. The second kappa shape index (κ2) is 9.51. The fourth-order valence-corrected chi connectivity index (χ4v) is 5.96. The lowest BCUT2D eigenvalue weighted by Gasteiger charge is -2.34. The number of carbonyl (C=O) groups excluding carboxylic acids is 2. The van der Waals surface area contributed by atoms with E-state index in [1.807, 2.05) is 0 Å². The van der Waals surface area contributed by atoms with E-state index in [1.165, 1.54) is 16.4 Å². The average Bonchev–Trinajstić information content (AvgIpc) is 2.84. The van der Waals surface area contributed by atoms with E-state index < -0.39 is 14.9 Å². The van der Waals surface area contributed by atoms with Crippen LogP contribution in [0.25, 0.3) is 0 Å². The van der Waals surface area contributed by atoms with E-state index in [-0.39, 0.29) is 48.6 Å². The highest BCUT2D eigenvalue weighted by molar-refractivity contribution is 7.89. The SMILES string of the molecule is Cc1ccc([N+](=O)[O-])cc1S(=O)(=O)N1CCN(C(=O)c2ccc(N3CCCCC3=O)cc2)CC1. The van der Waals surface area contributed by atoms with Crippen LogP contribution in [0.2, 0.25) is 0 Å². The van der Waals surface area contributed by atoms with Crippen LogP contribution in [-0.2, 0) is 14.8 Å². The second-order valence-electron chi connectivity index (χ2n) is 8.45. The summed E-state index contributed by atoms with van der Waals surface area (Å²) in [6, 6.07) is 10.7. The van der Waals surface area contributed by atoms with Crippen molar-refractivity contribution in [2.24, 2.45) is 0 Å². The first kappa shape index (κ1) is 23.8. The number of piperidine rings is 1. The first-order chi connectivity index (χ1) is 16.2. The molecular formula is C23H26N4O6S. The van der Waals surface area contributed by atoms with E-state index in [9.17, 15) is 28.1 Å². The maximum Gasteiger partial charge on any atom is 0.270 e. The summed E-state index contributed by atoms with van der Waals surface area (Å²) in [5, 5.41) is 11.1. The standard InChI is InChI=1S/C23H26N4O6S/c1-17-5-8-20(27(30)31)16-21(17)34(32,33)25-14-12-24(13-15-25)23(29)18-6-9-19(10-7-18)26-11-3-2-4-22(26)28/h5-10,16H,2-4,11-15H2,1H3. The molecule has 2 aromatic carbocycles. The van der Waals surface area contributed by atoms with E-state index in [0.29, 0.717) is 24.1 Å². The molecule has 0 aliphatic carbocycles. The first-order valence-electron chi connectivity index (χ1n) is 11.1. The third-order valence-corrected chi connectivity index (χ3v) is 8.32. The summed E-state index contributed by atoms with van der Waals surface area (Å²) in [5.74, 6) is -0.123. The lowest BCUT2D eigenvalue weighted by atomic mass is 10.1. The molecule has 2 aliphatic heterocycles. The zero-order chi connectivity index (χ0) is 24.5. The molecule has 4 rings (SSSR count). The largest absolute Gasteiger partial charge is 0.336 e. The summed E-state index contributed by atoms with van der Waals surface area (Å²) in [6.07, 6.45) is 2.38. The number of nitro groups is 1. The lowest BCUT2D eigenvalue weighted by molar-refractivity contribution is -0.385. The number of amides is 2. The predicted octanol–water partition coefficient (Wildman–Crippen LogP) is 2.57. The third-order valence-electron chi connectivity index (χ3n) is 6.28. The van der Waals surface area contributed by atoms with Crippen molar-refractivity contribution in [1.29, 1.82) is 0 Å². The number of carbonyl (C=O) groups is 2. The molecule has 0 unspecified atom stereocenters. The topological polar surface area (TPSA) is 121 Å². The maximum atomic E-state index is 13.1. The van der Waals surface area contributed by atoms with Crippen LogP contribution in [0, 0.1) is 17.0 Å². The van der Waals surface area contributed by atoms with Crippen molar-refractivity contribution in [3.8, 4) is 0 Å². The van der Waals surface area contributed by atoms with Crippen LogP contribution in [0.3, 0.4) is 0 Å². The van der Waals surface area contributed by atoms with Gasteiger partial charge in [0.2, 0.25) is 15.9 Å². The number of non-ortho nitro benzene ring substituents is 1. The monoisotopic (exact) mass is 486 g/mol. The van der Waals surface area contributed by atoms with E-state index in [1.54, 1.807) is 41.0 Å². The summed E-state index contributed by atoms with van der Waals surface area (Å²) in [4.78, 5) is 38.8. The number of nitrogens with zero attached hydrogens (tertiary/aromatic N) is 4. The van der Waals surface area contributed by atoms with E-state index in [2.05, 4.69) is 0 Å². The third kappa shape index (κ3) is 4.66. The van der Waals surface area contributed by atoms with E-state index >= 15 is 0 Å². The maximum absolute atomic E-state index is 13.1. The molecule has 0 radical (unpaired) electrons. The van der Waals surface area contributed by atoms with Gasteiger partial charge in [-0.05, 0) is 49.6 Å². The Morgan fingerprint density at radius 3 is 2.26 bits per heavy atom. The van der Waals surface area contributed by atoms with Gasteiger partial charge in [-0.15, -0.1) is 0 Å². The highest BCUT2D eigenvalue weighted by Gasteiger charge is 2.32. The van der Waals surface area contributed by atoms with Crippen molar-refractivity contribution in [3.05, 3.63) is 63.7 Å². The summed E-state index contributed by atoms with van der Waals surface area (Å²) in [5.41, 5.74) is 1.38. The van der Waals surface area contributed by atoms with E-state index in [4.69, 9.17) is 0 Å². The number of anilines is 1. The molecule has 0 saturated carbocycles. The van der Waals surface area contributed by atoms with Crippen molar-refractivity contribution in [2.45, 2.75) is 31.1 Å². The summed E-state index contributed by atoms with van der Waals surface area (Å²) < 4.78 is 27.5. The molecule has 2 aliphatic rings. The van der Waals surface area contributed by atoms with Crippen LogP contribution in [0.15, 0.2) is 47.4 Å². The number of sulfonamides is 1. The normalized spacial score (nSPS) is 17.6. The van der Waals surface area contributed by atoms with Gasteiger partial charge in [0.15, 0.2) is 0 Å². The van der Waals surface area contributed by atoms with Crippen LogP contribution in [0.5, 0.6) is 0 Å². The summed E-state index contributed by atoms with van der Waals surface area (Å²) >= 11 is 0. The van der Waals surface area contributed by atoms with Gasteiger partial charge in [0.25, 0.3) is 11.6 Å². The number of rotatable bonds is 5. The van der Waals surface area contributed by atoms with Gasteiger partial charge in [0.1, 0.15) is 0 Å². The molecule has 180 valence electrons. The van der Waals surface area contributed by atoms with Crippen molar-refractivity contribution < 1.29 is 22.9 Å². The molecule has 0 bridgehead atoms. The number of piperazine rings is 1.